The second-order valence-corrected chi connectivity index (χ2v) is 9.48. The monoisotopic (exact) mass is 532 g/mol. The number of amides is 1. The standard InChI is InChI=1S/C25H24F4N6O3/c1-38-21-7-14(17(26)11-31-21)18-8-19(35-34-18)22(36)16-10-24(16)9-13(4-6-33-24)23(37)32-12-20-15(25(27,28)29)3-2-5-30-20/h2-3,5,7-8,11,13,16,33H,4,6,9-10,12H2,1H3,(H,32,37)(H,34,35). The summed E-state index contributed by atoms with van der Waals surface area (Å²) in [5, 5.41) is 12.7. The minimum Gasteiger partial charge on any atom is -0.481 e. The number of rotatable bonds is 7. The summed E-state index contributed by atoms with van der Waals surface area (Å²) in [4.78, 5) is 33.6. The Bertz CT molecular complexity index is 1380. The van der Waals surface area contributed by atoms with Crippen molar-refractivity contribution in [1.29, 1.82) is 0 Å². The average molecular weight is 532 g/mol. The van der Waals surface area contributed by atoms with Gasteiger partial charge in [-0.15, -0.1) is 0 Å². The van der Waals surface area contributed by atoms with Gasteiger partial charge in [0.15, 0.2) is 11.6 Å². The van der Waals surface area contributed by atoms with Crippen molar-refractivity contribution in [3.05, 3.63) is 59.4 Å². The smallest absolute Gasteiger partial charge is 0.418 e. The van der Waals surface area contributed by atoms with Gasteiger partial charge in [0.25, 0.3) is 0 Å². The Labute approximate surface area is 214 Å². The largest absolute Gasteiger partial charge is 0.481 e. The molecule has 0 bridgehead atoms. The zero-order chi connectivity index (χ0) is 27.1. The van der Waals surface area contributed by atoms with Crippen LogP contribution >= 0.6 is 0 Å². The van der Waals surface area contributed by atoms with Crippen molar-refractivity contribution in [2.24, 2.45) is 11.8 Å². The molecule has 1 saturated heterocycles. The number of halogens is 4. The van der Waals surface area contributed by atoms with Gasteiger partial charge in [-0.25, -0.2) is 9.37 Å². The third-order valence-corrected chi connectivity index (χ3v) is 7.13. The van der Waals surface area contributed by atoms with E-state index in [1.807, 2.05) is 0 Å². The lowest BCUT2D eigenvalue weighted by atomic mass is 9.88. The number of Topliss-reactive ketones (excluding diaryl/α,β-unsaturated/α-hetero) is 1. The second-order valence-electron chi connectivity index (χ2n) is 9.48. The zero-order valence-electron chi connectivity index (χ0n) is 20.2. The summed E-state index contributed by atoms with van der Waals surface area (Å²) in [6.45, 7) is 0.135. The Morgan fingerprint density at radius 3 is 2.82 bits per heavy atom. The normalized spacial score (nSPS) is 22.8. The van der Waals surface area contributed by atoms with Crippen molar-refractivity contribution >= 4 is 11.7 Å². The first kappa shape index (κ1) is 25.8. The van der Waals surface area contributed by atoms with Crippen molar-refractivity contribution in [3.63, 3.8) is 0 Å². The zero-order valence-corrected chi connectivity index (χ0v) is 20.2. The summed E-state index contributed by atoms with van der Waals surface area (Å²) >= 11 is 0. The SMILES string of the molecule is COc1cc(-c2cc(C(=O)C3CC34CC(C(=O)NCc3ncccc3C(F)(F)F)CCN4)[nH]n2)c(F)cn1. The van der Waals surface area contributed by atoms with Crippen LogP contribution in [0.5, 0.6) is 5.88 Å². The van der Waals surface area contributed by atoms with Gasteiger partial charge in [0.05, 0.1) is 36.8 Å². The summed E-state index contributed by atoms with van der Waals surface area (Å²) in [7, 11) is 1.40. The number of H-pyrrole nitrogens is 1. The highest BCUT2D eigenvalue weighted by molar-refractivity contribution is 6.00. The molecule has 1 aliphatic carbocycles. The van der Waals surface area contributed by atoms with Crippen LogP contribution < -0.4 is 15.4 Å². The van der Waals surface area contributed by atoms with Crippen LogP contribution in [0.3, 0.4) is 0 Å². The lowest BCUT2D eigenvalue weighted by molar-refractivity contribution is -0.139. The quantitative estimate of drug-likeness (QED) is 0.315. The topological polar surface area (TPSA) is 122 Å². The van der Waals surface area contributed by atoms with Gasteiger partial charge in [-0.2, -0.15) is 18.3 Å². The van der Waals surface area contributed by atoms with E-state index in [-0.39, 0.29) is 46.8 Å². The van der Waals surface area contributed by atoms with Crippen LogP contribution in [-0.4, -0.2) is 51.0 Å². The number of carbonyl (C=O) groups excluding carboxylic acids is 2. The maximum atomic E-state index is 14.3. The lowest BCUT2D eigenvalue weighted by Crippen LogP contribution is -2.47. The number of piperidine rings is 1. The average Bonchev–Trinajstić information content (AvgIpc) is 3.35. The molecule has 3 atom stereocenters. The summed E-state index contributed by atoms with van der Waals surface area (Å²) < 4.78 is 59.0. The number of pyridine rings is 2. The summed E-state index contributed by atoms with van der Waals surface area (Å²) in [6.07, 6.45) is -0.969. The van der Waals surface area contributed by atoms with Gasteiger partial charge in [0.2, 0.25) is 11.8 Å². The molecule has 1 amide bonds. The number of nitrogens with one attached hydrogen (secondary N) is 3. The maximum absolute atomic E-state index is 14.3. The highest BCUT2D eigenvalue weighted by Gasteiger charge is 2.60. The fourth-order valence-corrected chi connectivity index (χ4v) is 5.06. The minimum absolute atomic E-state index is 0.131. The van der Waals surface area contributed by atoms with Gasteiger partial charge in [-0.05, 0) is 44.0 Å². The molecule has 13 heteroatoms. The Balaban J connectivity index is 1.23. The Hall–Kier alpha value is -3.87. The number of alkyl halides is 3. The number of aromatic nitrogens is 4. The number of nitrogens with zero attached hydrogens (tertiary/aromatic N) is 3. The second kappa shape index (κ2) is 9.78. The van der Waals surface area contributed by atoms with E-state index in [0.717, 1.165) is 12.3 Å². The molecule has 3 aromatic heterocycles. The number of carbonyl (C=O) groups is 2. The number of methoxy groups -OCH3 is 1. The molecule has 1 spiro atoms. The molecule has 0 radical (unpaired) electrons. The van der Waals surface area contributed by atoms with Crippen LogP contribution in [-0.2, 0) is 17.5 Å². The fraction of sp³-hybridized carbons (Fsp3) is 0.400. The number of ether oxygens (including phenoxy) is 1. The van der Waals surface area contributed by atoms with Gasteiger partial charge in [0.1, 0.15) is 5.69 Å². The van der Waals surface area contributed by atoms with Crippen LogP contribution in [0.1, 0.15) is 41.0 Å². The van der Waals surface area contributed by atoms with Crippen molar-refractivity contribution in [1.82, 2.24) is 30.8 Å². The summed E-state index contributed by atoms with van der Waals surface area (Å²) in [5.74, 6) is -1.91. The predicted octanol–water partition coefficient (Wildman–Crippen LogP) is 3.29. The number of aromatic amines is 1. The van der Waals surface area contributed by atoms with Crippen LogP contribution in [0.4, 0.5) is 17.6 Å². The molecular formula is C25H24F4N6O3. The van der Waals surface area contributed by atoms with Crippen molar-refractivity contribution < 1.29 is 31.9 Å². The highest BCUT2D eigenvalue weighted by atomic mass is 19.4. The molecule has 4 heterocycles. The molecule has 2 fully saturated rings. The van der Waals surface area contributed by atoms with E-state index in [9.17, 15) is 27.2 Å². The summed E-state index contributed by atoms with van der Waals surface area (Å²) in [5.41, 5.74) is -1.17. The van der Waals surface area contributed by atoms with Crippen molar-refractivity contribution in [2.45, 2.75) is 37.5 Å². The number of hydrogen-bond acceptors (Lipinski definition) is 7. The molecule has 38 heavy (non-hydrogen) atoms. The molecule has 3 aromatic rings. The maximum Gasteiger partial charge on any atom is 0.418 e. The van der Waals surface area contributed by atoms with E-state index < -0.39 is 34.9 Å². The molecule has 3 N–H and O–H groups in total. The Morgan fingerprint density at radius 1 is 1.24 bits per heavy atom. The van der Waals surface area contributed by atoms with E-state index in [1.54, 1.807) is 0 Å². The minimum atomic E-state index is -4.57. The molecule has 9 nitrogen and oxygen atoms in total. The van der Waals surface area contributed by atoms with Crippen LogP contribution in [0.25, 0.3) is 11.3 Å². The van der Waals surface area contributed by atoms with E-state index in [2.05, 4.69) is 30.8 Å². The molecule has 1 saturated carbocycles. The number of ketones is 1. The molecule has 5 rings (SSSR count). The number of hydrogen-bond donors (Lipinski definition) is 3. The highest BCUT2D eigenvalue weighted by Crippen LogP contribution is 2.51. The predicted molar refractivity (Wildman–Crippen MR) is 125 cm³/mol. The van der Waals surface area contributed by atoms with E-state index in [1.165, 1.54) is 31.5 Å². The van der Waals surface area contributed by atoms with Crippen molar-refractivity contribution in [3.8, 4) is 17.1 Å². The van der Waals surface area contributed by atoms with Crippen LogP contribution in [0.15, 0.2) is 36.7 Å². The first-order valence-electron chi connectivity index (χ1n) is 11.9. The molecule has 1 aliphatic heterocycles. The first-order chi connectivity index (χ1) is 18.1. The third-order valence-electron chi connectivity index (χ3n) is 7.13. The van der Waals surface area contributed by atoms with E-state index >= 15 is 0 Å². The molecule has 3 unspecified atom stereocenters. The molecule has 0 aromatic carbocycles. The molecule has 200 valence electrons. The van der Waals surface area contributed by atoms with Gasteiger partial charge >= 0.3 is 6.18 Å². The van der Waals surface area contributed by atoms with E-state index in [0.29, 0.717) is 25.8 Å². The van der Waals surface area contributed by atoms with Crippen molar-refractivity contribution in [2.75, 3.05) is 13.7 Å². The van der Waals surface area contributed by atoms with Gasteiger partial charge in [-0.3, -0.25) is 19.7 Å². The molecular weight excluding hydrogens is 508 g/mol. The first-order valence-corrected chi connectivity index (χ1v) is 11.9. The Morgan fingerprint density at radius 2 is 2.05 bits per heavy atom. The fourth-order valence-electron chi connectivity index (χ4n) is 5.06. The van der Waals surface area contributed by atoms with Crippen LogP contribution in [0.2, 0.25) is 0 Å². The molecule has 2 aliphatic rings. The summed E-state index contributed by atoms with van der Waals surface area (Å²) in [6, 6.07) is 4.97. The Kier molecular flexibility index (Phi) is 6.63. The van der Waals surface area contributed by atoms with E-state index in [4.69, 9.17) is 4.74 Å². The van der Waals surface area contributed by atoms with Gasteiger partial charge in [0, 0.05) is 35.2 Å². The van der Waals surface area contributed by atoms with Gasteiger partial charge < -0.3 is 15.4 Å². The third kappa shape index (κ3) is 4.97. The van der Waals surface area contributed by atoms with Gasteiger partial charge in [-0.1, -0.05) is 0 Å². The van der Waals surface area contributed by atoms with Crippen LogP contribution in [0, 0.1) is 17.7 Å². The lowest BCUT2D eigenvalue weighted by Gasteiger charge is -2.30.